The lowest BCUT2D eigenvalue weighted by Gasteiger charge is -2.14. The Hall–Kier alpha value is -2.33. The Balaban J connectivity index is 3.01. The molecule has 0 aliphatic rings. The van der Waals surface area contributed by atoms with Crippen molar-refractivity contribution in [1.82, 2.24) is 5.32 Å². The molecule has 0 heterocycles. The van der Waals surface area contributed by atoms with E-state index in [9.17, 15) is 18.0 Å². The molecule has 116 valence electrons. The van der Waals surface area contributed by atoms with Crippen LogP contribution in [0.4, 0.5) is 10.5 Å². The van der Waals surface area contributed by atoms with Crippen LogP contribution >= 0.6 is 0 Å². The number of sulfonamides is 1. The Labute approximate surface area is 121 Å². The van der Waals surface area contributed by atoms with E-state index in [2.05, 4.69) is 10.6 Å². The summed E-state index contributed by atoms with van der Waals surface area (Å²) >= 11 is 0. The van der Waals surface area contributed by atoms with Crippen LogP contribution in [0.1, 0.15) is 6.92 Å². The molecular weight excluding hydrogens is 300 g/mol. The SMILES string of the molecule is COc1ccc(NC(=O)C(C)NC(N)=O)cc1S(N)(=O)=O. The minimum absolute atomic E-state index is 0.0545. The van der Waals surface area contributed by atoms with Crippen molar-refractivity contribution >= 4 is 27.6 Å². The Morgan fingerprint density at radius 2 is 1.95 bits per heavy atom. The molecule has 0 radical (unpaired) electrons. The molecule has 0 bridgehead atoms. The zero-order valence-electron chi connectivity index (χ0n) is 11.4. The average molecular weight is 316 g/mol. The predicted molar refractivity (Wildman–Crippen MR) is 75.2 cm³/mol. The van der Waals surface area contributed by atoms with Crippen molar-refractivity contribution in [3.05, 3.63) is 18.2 Å². The van der Waals surface area contributed by atoms with Gasteiger partial charge in [-0.2, -0.15) is 0 Å². The number of hydrogen-bond acceptors (Lipinski definition) is 5. The predicted octanol–water partition coefficient (Wildman–Crippen LogP) is -0.662. The summed E-state index contributed by atoms with van der Waals surface area (Å²) in [4.78, 5) is 22.2. The molecule has 6 N–H and O–H groups in total. The highest BCUT2D eigenvalue weighted by molar-refractivity contribution is 7.89. The van der Waals surface area contributed by atoms with Gasteiger partial charge in [-0.25, -0.2) is 18.4 Å². The molecule has 21 heavy (non-hydrogen) atoms. The minimum atomic E-state index is -4.01. The first-order valence-corrected chi connectivity index (χ1v) is 7.27. The topological polar surface area (TPSA) is 154 Å². The fourth-order valence-electron chi connectivity index (χ4n) is 1.51. The molecule has 0 saturated carbocycles. The van der Waals surface area contributed by atoms with E-state index in [4.69, 9.17) is 15.6 Å². The number of carbonyl (C=O) groups is 2. The molecule has 9 nitrogen and oxygen atoms in total. The van der Waals surface area contributed by atoms with Crippen LogP contribution in [0.3, 0.4) is 0 Å². The van der Waals surface area contributed by atoms with Crippen LogP contribution in [0.5, 0.6) is 5.75 Å². The maximum Gasteiger partial charge on any atom is 0.312 e. The lowest BCUT2D eigenvalue weighted by atomic mass is 10.2. The van der Waals surface area contributed by atoms with Gasteiger partial charge in [0.05, 0.1) is 7.11 Å². The van der Waals surface area contributed by atoms with Crippen LogP contribution in [0.25, 0.3) is 0 Å². The van der Waals surface area contributed by atoms with Crippen molar-refractivity contribution in [3.63, 3.8) is 0 Å². The molecule has 0 spiro atoms. The number of methoxy groups -OCH3 is 1. The molecule has 1 atom stereocenters. The summed E-state index contributed by atoms with van der Waals surface area (Å²) < 4.78 is 27.8. The number of urea groups is 1. The van der Waals surface area contributed by atoms with Gasteiger partial charge in [0.15, 0.2) is 0 Å². The molecule has 10 heteroatoms. The number of nitrogens with one attached hydrogen (secondary N) is 2. The first-order valence-electron chi connectivity index (χ1n) is 5.73. The first kappa shape index (κ1) is 16.7. The fraction of sp³-hybridized carbons (Fsp3) is 0.273. The van der Waals surface area contributed by atoms with Gasteiger partial charge in [-0.3, -0.25) is 4.79 Å². The zero-order chi connectivity index (χ0) is 16.2. The Morgan fingerprint density at radius 1 is 1.33 bits per heavy atom. The maximum atomic E-state index is 11.8. The van der Waals surface area contributed by atoms with Gasteiger partial charge in [-0.05, 0) is 25.1 Å². The Kier molecular flexibility index (Phi) is 5.11. The maximum absolute atomic E-state index is 11.8. The smallest absolute Gasteiger partial charge is 0.312 e. The van der Waals surface area contributed by atoms with Crippen molar-refractivity contribution in [2.45, 2.75) is 17.9 Å². The second-order valence-corrected chi connectivity index (χ2v) is 5.66. The average Bonchev–Trinajstić information content (AvgIpc) is 2.36. The molecular formula is C11H16N4O5S. The zero-order valence-corrected chi connectivity index (χ0v) is 12.2. The number of rotatable bonds is 5. The third kappa shape index (κ3) is 4.61. The summed E-state index contributed by atoms with van der Waals surface area (Å²) in [6.07, 6.45) is 0. The van der Waals surface area contributed by atoms with E-state index in [1.165, 1.54) is 26.2 Å². The van der Waals surface area contributed by atoms with Crippen LogP contribution in [0, 0.1) is 0 Å². The van der Waals surface area contributed by atoms with Crippen molar-refractivity contribution < 1.29 is 22.7 Å². The van der Waals surface area contributed by atoms with E-state index < -0.39 is 28.0 Å². The molecule has 0 saturated heterocycles. The third-order valence-corrected chi connectivity index (χ3v) is 3.42. The molecule has 1 aromatic rings. The molecule has 0 fully saturated rings. The lowest BCUT2D eigenvalue weighted by molar-refractivity contribution is -0.117. The van der Waals surface area contributed by atoms with E-state index in [0.29, 0.717) is 0 Å². The Morgan fingerprint density at radius 3 is 2.43 bits per heavy atom. The van der Waals surface area contributed by atoms with Crippen LogP contribution < -0.4 is 26.2 Å². The summed E-state index contributed by atoms with van der Waals surface area (Å²) in [7, 11) is -2.72. The lowest BCUT2D eigenvalue weighted by Crippen LogP contribution is -2.44. The van der Waals surface area contributed by atoms with E-state index in [1.807, 2.05) is 0 Å². The number of amides is 3. The van der Waals surface area contributed by atoms with Gasteiger partial charge in [0.2, 0.25) is 15.9 Å². The standard InChI is InChI=1S/C11H16N4O5S/c1-6(14-11(12)17)10(16)15-7-3-4-8(20-2)9(5-7)21(13,18)19/h3-6H,1-2H3,(H,15,16)(H3,12,14,17)(H2,13,18,19). The van der Waals surface area contributed by atoms with Gasteiger partial charge in [0.25, 0.3) is 0 Å². The van der Waals surface area contributed by atoms with E-state index in [0.717, 1.165) is 6.07 Å². The second-order valence-electron chi connectivity index (χ2n) is 4.13. The first-order chi connectivity index (χ1) is 9.65. The van der Waals surface area contributed by atoms with Crippen molar-refractivity contribution in [2.75, 3.05) is 12.4 Å². The molecule has 0 aliphatic carbocycles. The highest BCUT2D eigenvalue weighted by Gasteiger charge is 2.18. The largest absolute Gasteiger partial charge is 0.495 e. The number of anilines is 1. The number of primary amides is 1. The summed E-state index contributed by atoms with van der Waals surface area (Å²) in [6, 6.07) is 2.20. The molecule has 0 aromatic heterocycles. The molecule has 1 aromatic carbocycles. The fourth-order valence-corrected chi connectivity index (χ4v) is 2.23. The van der Waals surface area contributed by atoms with Gasteiger partial charge in [0.1, 0.15) is 16.7 Å². The van der Waals surface area contributed by atoms with Crippen LogP contribution in [0.15, 0.2) is 23.1 Å². The van der Waals surface area contributed by atoms with Gasteiger partial charge < -0.3 is 21.1 Å². The van der Waals surface area contributed by atoms with Crippen molar-refractivity contribution in [3.8, 4) is 5.75 Å². The number of benzene rings is 1. The normalized spacial score (nSPS) is 12.3. The van der Waals surface area contributed by atoms with Gasteiger partial charge in [-0.15, -0.1) is 0 Å². The van der Waals surface area contributed by atoms with E-state index in [-0.39, 0.29) is 16.3 Å². The number of hydrogen-bond donors (Lipinski definition) is 4. The summed E-state index contributed by atoms with van der Waals surface area (Å²) in [6.45, 7) is 1.42. The number of primary sulfonamides is 1. The number of nitrogens with two attached hydrogens (primary N) is 2. The highest BCUT2D eigenvalue weighted by atomic mass is 32.2. The summed E-state index contributed by atoms with van der Waals surface area (Å²) in [5.41, 5.74) is 5.08. The minimum Gasteiger partial charge on any atom is -0.495 e. The van der Waals surface area contributed by atoms with E-state index >= 15 is 0 Å². The van der Waals surface area contributed by atoms with E-state index in [1.54, 1.807) is 0 Å². The van der Waals surface area contributed by atoms with Crippen molar-refractivity contribution in [1.29, 1.82) is 0 Å². The van der Waals surface area contributed by atoms with Crippen LogP contribution in [-0.2, 0) is 14.8 Å². The van der Waals surface area contributed by atoms with Crippen LogP contribution in [-0.4, -0.2) is 33.5 Å². The number of ether oxygens (including phenoxy) is 1. The second kappa shape index (κ2) is 6.41. The molecule has 3 amide bonds. The highest BCUT2D eigenvalue weighted by Crippen LogP contribution is 2.26. The van der Waals surface area contributed by atoms with Gasteiger partial charge in [0, 0.05) is 5.69 Å². The monoisotopic (exact) mass is 316 g/mol. The Bertz CT molecular complexity index is 659. The summed E-state index contributed by atoms with van der Waals surface area (Å²) in [5.74, 6) is -0.516. The summed E-state index contributed by atoms with van der Waals surface area (Å²) in [5, 5.41) is 9.68. The number of carbonyl (C=O) groups excluding carboxylic acids is 2. The molecule has 1 unspecified atom stereocenters. The quantitative estimate of drug-likeness (QED) is 0.567. The van der Waals surface area contributed by atoms with Crippen molar-refractivity contribution in [2.24, 2.45) is 10.9 Å². The van der Waals surface area contributed by atoms with Gasteiger partial charge >= 0.3 is 6.03 Å². The molecule has 0 aliphatic heterocycles. The third-order valence-electron chi connectivity index (χ3n) is 2.49. The molecule has 1 rings (SSSR count). The van der Waals surface area contributed by atoms with Crippen LogP contribution in [0.2, 0.25) is 0 Å². The van der Waals surface area contributed by atoms with Gasteiger partial charge in [-0.1, -0.05) is 0 Å².